The number of hydrogen-bond acceptors (Lipinski definition) is 6. The third-order valence-corrected chi connectivity index (χ3v) is 4.38. The van der Waals surface area contributed by atoms with Gasteiger partial charge in [0.25, 0.3) is 11.8 Å². The van der Waals surface area contributed by atoms with Crippen LogP contribution in [0.25, 0.3) is 10.8 Å². The third kappa shape index (κ3) is 3.55. The van der Waals surface area contributed by atoms with E-state index in [0.29, 0.717) is 10.9 Å². The van der Waals surface area contributed by atoms with E-state index in [0.717, 1.165) is 4.88 Å². The molecule has 3 aromatic rings. The average Bonchev–Trinajstić information content (AvgIpc) is 3.19. The molecular formula is C15H10Cl2N2O3S. The highest BCUT2D eigenvalue weighted by molar-refractivity contribution is 7.13. The number of thiophene rings is 1. The van der Waals surface area contributed by atoms with Gasteiger partial charge in [0.2, 0.25) is 0 Å². The van der Waals surface area contributed by atoms with Crippen LogP contribution in [0.1, 0.15) is 29.3 Å². The second kappa shape index (κ2) is 6.70. The normalized spacial score (nSPS) is 12.1. The van der Waals surface area contributed by atoms with E-state index in [9.17, 15) is 4.79 Å². The van der Waals surface area contributed by atoms with Gasteiger partial charge in [-0.15, -0.1) is 21.5 Å². The third-order valence-electron chi connectivity index (χ3n) is 2.95. The van der Waals surface area contributed by atoms with E-state index in [4.69, 9.17) is 32.4 Å². The van der Waals surface area contributed by atoms with Crippen molar-refractivity contribution in [3.05, 3.63) is 57.2 Å². The Kier molecular flexibility index (Phi) is 4.66. The van der Waals surface area contributed by atoms with E-state index in [1.54, 1.807) is 13.0 Å². The Morgan fingerprint density at radius 2 is 2.13 bits per heavy atom. The van der Waals surface area contributed by atoms with E-state index in [2.05, 4.69) is 10.2 Å². The van der Waals surface area contributed by atoms with Crippen molar-refractivity contribution in [2.24, 2.45) is 0 Å². The second-order valence-corrected chi connectivity index (χ2v) is 6.39. The van der Waals surface area contributed by atoms with Crippen molar-refractivity contribution in [1.29, 1.82) is 0 Å². The molecule has 3 rings (SSSR count). The maximum absolute atomic E-state index is 12.2. The van der Waals surface area contributed by atoms with Gasteiger partial charge in [-0.2, -0.15) is 0 Å². The molecule has 0 fully saturated rings. The molecule has 2 aromatic heterocycles. The van der Waals surface area contributed by atoms with E-state index in [1.165, 1.54) is 23.5 Å². The highest BCUT2D eigenvalue weighted by Gasteiger charge is 2.21. The maximum Gasteiger partial charge on any atom is 0.340 e. The van der Waals surface area contributed by atoms with Crippen molar-refractivity contribution in [2.75, 3.05) is 0 Å². The van der Waals surface area contributed by atoms with Gasteiger partial charge in [-0.25, -0.2) is 4.79 Å². The molecule has 0 spiro atoms. The summed E-state index contributed by atoms with van der Waals surface area (Å²) in [6.45, 7) is 1.64. The van der Waals surface area contributed by atoms with Gasteiger partial charge in [-0.05, 0) is 36.6 Å². The van der Waals surface area contributed by atoms with Gasteiger partial charge >= 0.3 is 5.97 Å². The van der Waals surface area contributed by atoms with E-state index < -0.39 is 12.1 Å². The molecule has 0 amide bonds. The number of esters is 1. The van der Waals surface area contributed by atoms with Crippen LogP contribution in [0.4, 0.5) is 0 Å². The molecule has 0 saturated heterocycles. The predicted octanol–water partition coefficient (Wildman–Crippen LogP) is 5.02. The molecule has 8 heteroatoms. The first-order valence-corrected chi connectivity index (χ1v) is 8.21. The lowest BCUT2D eigenvalue weighted by atomic mass is 10.2. The van der Waals surface area contributed by atoms with Crippen LogP contribution in [0, 0.1) is 0 Å². The van der Waals surface area contributed by atoms with Gasteiger partial charge in [0.1, 0.15) is 0 Å². The molecule has 0 N–H and O–H groups in total. The molecule has 0 aliphatic carbocycles. The quantitative estimate of drug-likeness (QED) is 0.604. The molecule has 0 bridgehead atoms. The number of ether oxygens (including phenoxy) is 1. The van der Waals surface area contributed by atoms with Gasteiger partial charge in [-0.3, -0.25) is 0 Å². The maximum atomic E-state index is 12.2. The first-order chi connectivity index (χ1) is 11.0. The summed E-state index contributed by atoms with van der Waals surface area (Å²) in [7, 11) is 0. The molecule has 118 valence electrons. The van der Waals surface area contributed by atoms with Gasteiger partial charge in [0, 0.05) is 5.02 Å². The standard InChI is InChI=1S/C15H10Cl2N2O3S/c1-8(13-18-19-14(22-13)12-3-2-6-23-12)21-15(20)10-7-9(16)4-5-11(10)17/h2-8H,1H3/t8-/m1/s1. The van der Waals surface area contributed by atoms with Crippen LogP contribution in [0.2, 0.25) is 10.0 Å². The summed E-state index contributed by atoms with van der Waals surface area (Å²) in [6.07, 6.45) is -0.709. The number of aromatic nitrogens is 2. The molecule has 0 saturated carbocycles. The van der Waals surface area contributed by atoms with Crippen molar-refractivity contribution in [3.63, 3.8) is 0 Å². The highest BCUT2D eigenvalue weighted by Crippen LogP contribution is 2.27. The topological polar surface area (TPSA) is 65.2 Å². The fraction of sp³-hybridized carbons (Fsp3) is 0.133. The number of carbonyl (C=O) groups is 1. The van der Waals surface area contributed by atoms with Crippen LogP contribution in [0.15, 0.2) is 40.1 Å². The van der Waals surface area contributed by atoms with Gasteiger partial charge < -0.3 is 9.15 Å². The summed E-state index contributed by atoms with van der Waals surface area (Å²) >= 11 is 13.3. The van der Waals surface area contributed by atoms with E-state index in [-0.39, 0.29) is 16.5 Å². The van der Waals surface area contributed by atoms with Crippen LogP contribution in [0.5, 0.6) is 0 Å². The summed E-state index contributed by atoms with van der Waals surface area (Å²) in [5, 5.41) is 10.4. The number of hydrogen-bond donors (Lipinski definition) is 0. The number of carbonyl (C=O) groups excluding carboxylic acids is 1. The minimum atomic E-state index is -0.709. The van der Waals surface area contributed by atoms with Crippen LogP contribution in [0.3, 0.4) is 0 Å². The van der Waals surface area contributed by atoms with Gasteiger partial charge in [0.15, 0.2) is 6.10 Å². The number of rotatable bonds is 4. The van der Waals surface area contributed by atoms with Crippen LogP contribution in [-0.4, -0.2) is 16.2 Å². The monoisotopic (exact) mass is 368 g/mol. The molecular weight excluding hydrogens is 359 g/mol. The second-order valence-electron chi connectivity index (χ2n) is 4.59. The Labute approximate surface area is 145 Å². The predicted molar refractivity (Wildman–Crippen MR) is 87.9 cm³/mol. The molecule has 2 heterocycles. The SMILES string of the molecule is C[C@@H](OC(=O)c1cc(Cl)ccc1Cl)c1nnc(-c2cccs2)o1. The van der Waals surface area contributed by atoms with E-state index in [1.807, 2.05) is 17.5 Å². The number of halogens is 2. The molecule has 0 radical (unpaired) electrons. The number of benzene rings is 1. The smallest absolute Gasteiger partial charge is 0.340 e. The van der Waals surface area contributed by atoms with Crippen LogP contribution in [-0.2, 0) is 4.74 Å². The molecule has 5 nitrogen and oxygen atoms in total. The lowest BCUT2D eigenvalue weighted by Crippen LogP contribution is -2.10. The lowest BCUT2D eigenvalue weighted by molar-refractivity contribution is 0.0280. The Hall–Kier alpha value is -1.89. The fourth-order valence-corrected chi connectivity index (χ4v) is 2.84. The lowest BCUT2D eigenvalue weighted by Gasteiger charge is -2.10. The minimum absolute atomic E-state index is 0.184. The molecule has 1 atom stereocenters. The summed E-state index contributed by atoms with van der Waals surface area (Å²) < 4.78 is 10.8. The van der Waals surface area contributed by atoms with Crippen molar-refractivity contribution in [1.82, 2.24) is 10.2 Å². The highest BCUT2D eigenvalue weighted by atomic mass is 35.5. The molecule has 0 aliphatic heterocycles. The van der Waals surface area contributed by atoms with Crippen molar-refractivity contribution in [3.8, 4) is 10.8 Å². The first kappa shape index (κ1) is 16.0. The van der Waals surface area contributed by atoms with Crippen molar-refractivity contribution < 1.29 is 13.9 Å². The Balaban J connectivity index is 1.75. The summed E-state index contributed by atoms with van der Waals surface area (Å²) in [5.74, 6) is -0.0144. The molecule has 1 aromatic carbocycles. The zero-order chi connectivity index (χ0) is 16.4. The average molecular weight is 369 g/mol. The Bertz CT molecular complexity index is 833. The first-order valence-electron chi connectivity index (χ1n) is 6.58. The minimum Gasteiger partial charge on any atom is -0.449 e. The van der Waals surface area contributed by atoms with Crippen molar-refractivity contribution in [2.45, 2.75) is 13.0 Å². The summed E-state index contributed by atoms with van der Waals surface area (Å²) in [4.78, 5) is 13.0. The Morgan fingerprint density at radius 1 is 1.30 bits per heavy atom. The van der Waals surface area contributed by atoms with E-state index >= 15 is 0 Å². The molecule has 0 unspecified atom stereocenters. The zero-order valence-electron chi connectivity index (χ0n) is 11.8. The fourth-order valence-electron chi connectivity index (χ4n) is 1.83. The number of nitrogens with zero attached hydrogens (tertiary/aromatic N) is 2. The van der Waals surface area contributed by atoms with Gasteiger partial charge in [0.05, 0.1) is 15.5 Å². The molecule has 0 aliphatic rings. The van der Waals surface area contributed by atoms with Crippen LogP contribution < -0.4 is 0 Å². The van der Waals surface area contributed by atoms with Gasteiger partial charge in [-0.1, -0.05) is 29.3 Å². The largest absolute Gasteiger partial charge is 0.449 e. The summed E-state index contributed by atoms with van der Waals surface area (Å²) in [6, 6.07) is 8.32. The van der Waals surface area contributed by atoms with Crippen LogP contribution >= 0.6 is 34.5 Å². The zero-order valence-corrected chi connectivity index (χ0v) is 14.2. The summed E-state index contributed by atoms with van der Waals surface area (Å²) in [5.41, 5.74) is 0.184. The Morgan fingerprint density at radius 3 is 2.87 bits per heavy atom. The molecule has 23 heavy (non-hydrogen) atoms. The van der Waals surface area contributed by atoms with Crippen molar-refractivity contribution >= 4 is 40.5 Å².